The summed E-state index contributed by atoms with van der Waals surface area (Å²) in [6, 6.07) is 12.1. The van der Waals surface area contributed by atoms with Crippen LogP contribution in [0.1, 0.15) is 25.8 Å². The number of methoxy groups -OCH3 is 2. The minimum Gasteiger partial charge on any atom is -0.497 e. The van der Waals surface area contributed by atoms with Crippen molar-refractivity contribution in [3.05, 3.63) is 74.9 Å². The first-order valence-electron chi connectivity index (χ1n) is 13.0. The SMILES string of the molecule is COc1ccc(OC)c(CCN(C(=O)C=C(C)C)[C@@H]2CC(C(=O)NCCO)=C[C@H](Oc3ccccc3I)[C@H]2O)c1. The van der Waals surface area contributed by atoms with Crippen LogP contribution in [0.15, 0.2) is 65.8 Å². The van der Waals surface area contributed by atoms with E-state index in [1.165, 1.54) is 6.08 Å². The van der Waals surface area contributed by atoms with E-state index in [2.05, 4.69) is 27.9 Å². The third-order valence-electron chi connectivity index (χ3n) is 6.52. The maximum absolute atomic E-state index is 13.6. The van der Waals surface area contributed by atoms with Crippen LogP contribution in [0.4, 0.5) is 0 Å². The fourth-order valence-corrected chi connectivity index (χ4v) is 5.07. The zero-order valence-electron chi connectivity index (χ0n) is 23.2. The lowest BCUT2D eigenvalue weighted by Crippen LogP contribution is -2.55. The summed E-state index contributed by atoms with van der Waals surface area (Å²) >= 11 is 2.15. The Morgan fingerprint density at radius 1 is 1.12 bits per heavy atom. The smallest absolute Gasteiger partial charge is 0.247 e. The number of para-hydroxylation sites is 1. The van der Waals surface area contributed by atoms with Gasteiger partial charge >= 0.3 is 0 Å². The Balaban J connectivity index is 1.99. The molecular formula is C30H37IN2O7. The number of hydrogen-bond donors (Lipinski definition) is 3. The van der Waals surface area contributed by atoms with Crippen LogP contribution in [0.25, 0.3) is 0 Å². The van der Waals surface area contributed by atoms with E-state index in [-0.39, 0.29) is 37.9 Å². The Hall–Kier alpha value is -3.09. The van der Waals surface area contributed by atoms with Gasteiger partial charge in [0, 0.05) is 31.2 Å². The van der Waals surface area contributed by atoms with Crippen LogP contribution in [0.3, 0.4) is 0 Å². The number of halogens is 1. The van der Waals surface area contributed by atoms with E-state index >= 15 is 0 Å². The lowest BCUT2D eigenvalue weighted by Gasteiger charge is -2.40. The molecule has 0 radical (unpaired) electrons. The molecule has 2 aromatic rings. The predicted molar refractivity (Wildman–Crippen MR) is 161 cm³/mol. The summed E-state index contributed by atoms with van der Waals surface area (Å²) < 4.78 is 17.9. The van der Waals surface area contributed by atoms with Crippen molar-refractivity contribution in [1.29, 1.82) is 0 Å². The van der Waals surface area contributed by atoms with Crippen LogP contribution in [0.2, 0.25) is 0 Å². The van der Waals surface area contributed by atoms with Crippen LogP contribution in [-0.4, -0.2) is 79.1 Å². The van der Waals surface area contributed by atoms with Gasteiger partial charge in [-0.2, -0.15) is 0 Å². The van der Waals surface area contributed by atoms with Gasteiger partial charge in [0.25, 0.3) is 0 Å². The van der Waals surface area contributed by atoms with Crippen LogP contribution < -0.4 is 19.5 Å². The quantitative estimate of drug-likeness (QED) is 0.236. The number of aliphatic hydroxyl groups excluding tert-OH is 2. The predicted octanol–water partition coefficient (Wildman–Crippen LogP) is 3.26. The number of aliphatic hydroxyl groups is 2. The zero-order valence-corrected chi connectivity index (χ0v) is 25.4. The van der Waals surface area contributed by atoms with Gasteiger partial charge in [-0.05, 0) is 84.8 Å². The summed E-state index contributed by atoms with van der Waals surface area (Å²) in [5.74, 6) is 1.21. The molecule has 0 saturated carbocycles. The molecular weight excluding hydrogens is 627 g/mol. The second kappa shape index (κ2) is 15.1. The van der Waals surface area contributed by atoms with Crippen molar-refractivity contribution in [2.75, 3.05) is 33.9 Å². The first-order chi connectivity index (χ1) is 19.2. The van der Waals surface area contributed by atoms with Crippen molar-refractivity contribution in [3.63, 3.8) is 0 Å². The lowest BCUT2D eigenvalue weighted by atomic mass is 9.87. The fourth-order valence-electron chi connectivity index (χ4n) is 4.55. The van der Waals surface area contributed by atoms with Gasteiger partial charge < -0.3 is 34.6 Å². The topological polar surface area (TPSA) is 118 Å². The summed E-state index contributed by atoms with van der Waals surface area (Å²) in [6.45, 7) is 3.78. The molecule has 2 amide bonds. The molecule has 3 rings (SSSR count). The molecule has 0 fully saturated rings. The minimum atomic E-state index is -1.12. The molecule has 0 saturated heterocycles. The number of nitrogens with zero attached hydrogens (tertiary/aromatic N) is 1. The first kappa shape index (κ1) is 31.4. The first-order valence-corrected chi connectivity index (χ1v) is 14.1. The van der Waals surface area contributed by atoms with E-state index in [1.807, 2.05) is 44.2 Å². The van der Waals surface area contributed by atoms with Crippen molar-refractivity contribution < 1.29 is 34.0 Å². The summed E-state index contributed by atoms with van der Waals surface area (Å²) in [7, 11) is 3.16. The molecule has 0 aromatic heterocycles. The van der Waals surface area contributed by atoms with Crippen molar-refractivity contribution in [2.24, 2.45) is 0 Å². The second-order valence-corrected chi connectivity index (χ2v) is 10.8. The number of allylic oxidation sites excluding steroid dienone is 1. The van der Waals surface area contributed by atoms with Gasteiger partial charge in [-0.3, -0.25) is 9.59 Å². The number of rotatable bonds is 12. The Labute approximate surface area is 248 Å². The molecule has 40 heavy (non-hydrogen) atoms. The van der Waals surface area contributed by atoms with Crippen LogP contribution in [0.5, 0.6) is 17.2 Å². The van der Waals surface area contributed by atoms with Crippen LogP contribution >= 0.6 is 22.6 Å². The Kier molecular flexibility index (Phi) is 11.8. The molecule has 3 N–H and O–H groups in total. The van der Waals surface area contributed by atoms with Gasteiger partial charge in [-0.15, -0.1) is 0 Å². The summed E-state index contributed by atoms with van der Waals surface area (Å²) in [5, 5.41) is 23.5. The van der Waals surface area contributed by atoms with Crippen molar-refractivity contribution >= 4 is 34.4 Å². The van der Waals surface area contributed by atoms with Crippen LogP contribution in [0, 0.1) is 3.57 Å². The maximum atomic E-state index is 13.6. The van der Waals surface area contributed by atoms with Gasteiger partial charge in [-0.25, -0.2) is 0 Å². The van der Waals surface area contributed by atoms with Gasteiger partial charge in [-0.1, -0.05) is 17.7 Å². The molecule has 0 spiro atoms. The molecule has 0 unspecified atom stereocenters. The largest absolute Gasteiger partial charge is 0.497 e. The highest BCUT2D eigenvalue weighted by molar-refractivity contribution is 14.1. The van der Waals surface area contributed by atoms with Gasteiger partial charge in [0.2, 0.25) is 11.8 Å². The normalized spacial score (nSPS) is 18.3. The van der Waals surface area contributed by atoms with Crippen molar-refractivity contribution in [3.8, 4) is 17.2 Å². The number of ether oxygens (including phenoxy) is 3. The summed E-state index contributed by atoms with van der Waals surface area (Å²) in [6.07, 6.45) is 1.65. The Morgan fingerprint density at radius 2 is 1.88 bits per heavy atom. The molecule has 3 atom stereocenters. The molecule has 9 nitrogen and oxygen atoms in total. The maximum Gasteiger partial charge on any atom is 0.247 e. The standard InChI is InChI=1S/C30H37IN2O7/c1-19(2)15-28(35)33(13-11-20-16-22(38-3)9-10-25(20)39-4)24-17-21(30(37)32-12-14-34)18-27(29(24)36)40-26-8-6-5-7-23(26)31/h5-10,15-16,18,24,27,29,34,36H,11-14,17H2,1-4H3,(H,32,37)/t24-,27+,29+/m1/s1. The molecule has 2 aromatic carbocycles. The average molecular weight is 665 g/mol. The van der Waals surface area contributed by atoms with E-state index < -0.39 is 18.2 Å². The van der Waals surface area contributed by atoms with E-state index in [1.54, 1.807) is 37.3 Å². The van der Waals surface area contributed by atoms with E-state index in [9.17, 15) is 19.8 Å². The van der Waals surface area contributed by atoms with E-state index in [0.717, 1.165) is 14.7 Å². The molecule has 1 aliphatic carbocycles. The Morgan fingerprint density at radius 3 is 2.52 bits per heavy atom. The monoisotopic (exact) mass is 664 g/mol. The minimum absolute atomic E-state index is 0.0849. The van der Waals surface area contributed by atoms with E-state index in [4.69, 9.17) is 14.2 Å². The zero-order chi connectivity index (χ0) is 29.2. The number of carbonyl (C=O) groups is 2. The molecule has 0 heterocycles. The number of hydrogen-bond acceptors (Lipinski definition) is 7. The molecule has 1 aliphatic rings. The van der Waals surface area contributed by atoms with Crippen LogP contribution in [-0.2, 0) is 16.0 Å². The number of amides is 2. The highest BCUT2D eigenvalue weighted by atomic mass is 127. The van der Waals surface area contributed by atoms with Gasteiger partial charge in [0.15, 0.2) is 0 Å². The number of nitrogens with one attached hydrogen (secondary N) is 1. The summed E-state index contributed by atoms with van der Waals surface area (Å²) in [5.41, 5.74) is 2.02. The number of carbonyl (C=O) groups excluding carboxylic acids is 2. The fraction of sp³-hybridized carbons (Fsp3) is 0.400. The van der Waals surface area contributed by atoms with Gasteiger partial charge in [0.1, 0.15) is 29.5 Å². The Bertz CT molecular complexity index is 1240. The molecule has 10 heteroatoms. The molecule has 0 bridgehead atoms. The highest BCUT2D eigenvalue weighted by Gasteiger charge is 2.40. The third kappa shape index (κ3) is 8.21. The lowest BCUT2D eigenvalue weighted by molar-refractivity contribution is -0.133. The number of benzene rings is 2. The average Bonchev–Trinajstić information content (AvgIpc) is 2.94. The highest BCUT2D eigenvalue weighted by Crippen LogP contribution is 2.31. The molecule has 0 aliphatic heterocycles. The van der Waals surface area contributed by atoms with Crippen molar-refractivity contribution in [1.82, 2.24) is 10.2 Å². The third-order valence-corrected chi connectivity index (χ3v) is 7.41. The van der Waals surface area contributed by atoms with Crippen molar-refractivity contribution in [2.45, 2.75) is 44.9 Å². The summed E-state index contributed by atoms with van der Waals surface area (Å²) in [4.78, 5) is 28.1. The second-order valence-electron chi connectivity index (χ2n) is 9.63. The van der Waals surface area contributed by atoms with E-state index in [0.29, 0.717) is 29.2 Å². The molecule has 216 valence electrons. The van der Waals surface area contributed by atoms with Gasteiger partial charge in [0.05, 0.1) is 30.4 Å².